The topological polar surface area (TPSA) is 166 Å². The molecule has 2 radical (unpaired) electrons. The number of carbonyl (C=O) groups is 1. The molecule has 0 atom stereocenters. The summed E-state index contributed by atoms with van der Waals surface area (Å²) in [5, 5.41) is 18.8. The fourth-order valence-electron chi connectivity index (χ4n) is 3.08. The summed E-state index contributed by atoms with van der Waals surface area (Å²) in [4.78, 5) is 11.1. The summed E-state index contributed by atoms with van der Waals surface area (Å²) < 4.78 is 64.2. The zero-order valence-electron chi connectivity index (χ0n) is 21.0. The van der Waals surface area contributed by atoms with E-state index in [1.54, 1.807) is 20.8 Å². The molecule has 188 valence electrons. The van der Waals surface area contributed by atoms with Crippen molar-refractivity contribution in [3.63, 3.8) is 0 Å². The van der Waals surface area contributed by atoms with Gasteiger partial charge in [-0.05, 0) is 43.3 Å². The van der Waals surface area contributed by atoms with Crippen molar-refractivity contribution in [3.05, 3.63) is 42.0 Å². The number of aromatic carboxylic acids is 1. The van der Waals surface area contributed by atoms with Gasteiger partial charge in [0.25, 0.3) is 10.1 Å². The quantitative estimate of drug-likeness (QED) is 0.182. The van der Waals surface area contributed by atoms with Crippen LogP contribution in [-0.2, 0) is 20.1 Å². The number of carboxylic acids is 1. The Kier molecular flexibility index (Phi) is 14.3. The maximum absolute atomic E-state index is 12.9. The van der Waals surface area contributed by atoms with Crippen LogP contribution in [0.2, 0.25) is 0 Å². The van der Waals surface area contributed by atoms with Crippen LogP contribution < -0.4 is 9.75 Å². The van der Waals surface area contributed by atoms with Crippen molar-refractivity contribution in [2.75, 3.05) is 31.8 Å². The second-order valence-corrected chi connectivity index (χ2v) is 10.1. The first-order valence-electron chi connectivity index (χ1n) is 10.1. The molecule has 0 fully saturated rings. The molecular weight excluding hydrogens is 534 g/mol. The Balaban J connectivity index is 0.00000612. The molecule has 0 heterocycles. The molecule has 0 spiro atoms. The van der Waals surface area contributed by atoms with E-state index in [0.717, 1.165) is 12.1 Å². The van der Waals surface area contributed by atoms with E-state index in [4.69, 9.17) is 4.74 Å². The van der Waals surface area contributed by atoms with Gasteiger partial charge in [0.2, 0.25) is 10.0 Å². The molecule has 0 aromatic heterocycles. The van der Waals surface area contributed by atoms with Crippen LogP contribution in [0.3, 0.4) is 0 Å². The monoisotopic (exact) mass is 560 g/mol. The van der Waals surface area contributed by atoms with E-state index >= 15 is 0 Å². The number of rotatable bonds is 11. The Hall–Kier alpha value is -1.07. The van der Waals surface area contributed by atoms with Gasteiger partial charge in [0.15, 0.2) is 0 Å². The molecule has 2 rings (SSSR count). The molecule has 0 amide bonds. The number of hydrogen-bond acceptors (Lipinski definition) is 8. The standard InChI is InChI=1S/C20H26N4O8S2.2Na/c1-5-23(6-2)33(27,28)14-9-11-19(32-4)17(13-14)21-22-24(7-3)18-10-8-15(34(29,30)31)12-16(18)20(25)26;;/h8-13H,5-7H2,1-4H3,(H,25,26)(H,29,30,31);;. The van der Waals surface area contributed by atoms with Gasteiger partial charge in [0.05, 0.1) is 28.2 Å². The zero-order chi connectivity index (χ0) is 25.7. The molecular formula is C20H26N4Na2O8S2. The molecule has 12 nitrogen and oxygen atoms in total. The first kappa shape index (κ1) is 34.9. The van der Waals surface area contributed by atoms with E-state index < -0.39 is 36.6 Å². The molecule has 0 saturated heterocycles. The number of carboxylic acid groups (broad SMARTS) is 1. The molecule has 0 aliphatic heterocycles. The average Bonchev–Trinajstić information content (AvgIpc) is 2.79. The van der Waals surface area contributed by atoms with E-state index in [0.29, 0.717) is 0 Å². The second-order valence-electron chi connectivity index (χ2n) is 6.79. The summed E-state index contributed by atoms with van der Waals surface area (Å²) in [6, 6.07) is 7.14. The van der Waals surface area contributed by atoms with E-state index in [9.17, 15) is 31.3 Å². The number of anilines is 1. The number of sulfonamides is 1. The molecule has 2 aromatic carbocycles. The Morgan fingerprint density at radius 1 is 0.944 bits per heavy atom. The normalized spacial score (nSPS) is 11.6. The minimum Gasteiger partial charge on any atom is -0.494 e. The Labute approximate surface area is 255 Å². The van der Waals surface area contributed by atoms with Gasteiger partial charge in [-0.25, -0.2) is 18.2 Å². The van der Waals surface area contributed by atoms with Crippen LogP contribution in [0.4, 0.5) is 11.4 Å². The SMILES string of the molecule is CCN(N=Nc1cc(S(=O)(=O)N(CC)CC)ccc1OC)c1ccc(S(=O)(=O)O)cc1C(=O)O.[Na].[Na]. The zero-order valence-corrected chi connectivity index (χ0v) is 26.7. The van der Waals surface area contributed by atoms with Gasteiger partial charge >= 0.3 is 5.97 Å². The number of nitrogens with zero attached hydrogens (tertiary/aromatic N) is 4. The predicted octanol–water partition coefficient (Wildman–Crippen LogP) is 2.43. The van der Waals surface area contributed by atoms with Gasteiger partial charge in [-0.3, -0.25) is 4.55 Å². The van der Waals surface area contributed by atoms with Crippen molar-refractivity contribution in [3.8, 4) is 5.75 Å². The molecule has 2 aromatic rings. The first-order valence-corrected chi connectivity index (χ1v) is 13.0. The minimum atomic E-state index is -4.62. The molecule has 0 aliphatic rings. The molecule has 2 N–H and O–H groups in total. The van der Waals surface area contributed by atoms with E-state index in [2.05, 4.69) is 10.3 Å². The molecule has 16 heteroatoms. The third-order valence-corrected chi connectivity index (χ3v) is 7.72. The Bertz CT molecular complexity index is 1300. The van der Waals surface area contributed by atoms with Crippen molar-refractivity contribution in [1.29, 1.82) is 0 Å². The third-order valence-electron chi connectivity index (χ3n) is 4.83. The smallest absolute Gasteiger partial charge is 0.337 e. The maximum Gasteiger partial charge on any atom is 0.337 e. The van der Waals surface area contributed by atoms with Crippen LogP contribution in [0.15, 0.2) is 56.5 Å². The van der Waals surface area contributed by atoms with Gasteiger partial charge in [-0.15, -0.1) is 5.11 Å². The minimum absolute atomic E-state index is 0. The van der Waals surface area contributed by atoms with Gasteiger partial charge in [0, 0.05) is 78.7 Å². The fraction of sp³-hybridized carbons (Fsp3) is 0.350. The van der Waals surface area contributed by atoms with E-state index in [-0.39, 0.29) is 101 Å². The summed E-state index contributed by atoms with van der Waals surface area (Å²) >= 11 is 0. The van der Waals surface area contributed by atoms with Gasteiger partial charge in [0.1, 0.15) is 11.4 Å². The van der Waals surface area contributed by atoms with Crippen molar-refractivity contribution < 1.29 is 36.0 Å². The summed E-state index contributed by atoms with van der Waals surface area (Å²) in [5.41, 5.74) is -0.335. The molecule has 0 aliphatic carbocycles. The summed E-state index contributed by atoms with van der Waals surface area (Å²) in [6.45, 7) is 5.79. The van der Waals surface area contributed by atoms with E-state index in [1.807, 2.05) is 0 Å². The van der Waals surface area contributed by atoms with Crippen molar-refractivity contribution in [2.24, 2.45) is 10.3 Å². The van der Waals surface area contributed by atoms with Gasteiger partial charge in [-0.1, -0.05) is 19.1 Å². The largest absolute Gasteiger partial charge is 0.494 e. The summed E-state index contributed by atoms with van der Waals surface area (Å²) in [7, 11) is -7.02. The van der Waals surface area contributed by atoms with Crippen molar-refractivity contribution >= 4 is 96.6 Å². The Morgan fingerprint density at radius 3 is 2.00 bits per heavy atom. The summed E-state index contributed by atoms with van der Waals surface area (Å²) in [6.07, 6.45) is 0. The van der Waals surface area contributed by atoms with Crippen molar-refractivity contribution in [2.45, 2.75) is 30.6 Å². The number of benzene rings is 2. The van der Waals surface area contributed by atoms with Crippen LogP contribution in [0.25, 0.3) is 0 Å². The van der Waals surface area contributed by atoms with Crippen LogP contribution in [0.1, 0.15) is 31.1 Å². The fourth-order valence-corrected chi connectivity index (χ4v) is 5.06. The molecule has 36 heavy (non-hydrogen) atoms. The van der Waals surface area contributed by atoms with Crippen LogP contribution in [-0.4, -0.2) is 123 Å². The van der Waals surface area contributed by atoms with Gasteiger partial charge in [-0.2, -0.15) is 12.7 Å². The van der Waals surface area contributed by atoms with E-state index in [1.165, 1.54) is 40.7 Å². The van der Waals surface area contributed by atoms with Crippen molar-refractivity contribution in [1.82, 2.24) is 4.31 Å². The number of hydrogen-bond donors (Lipinski definition) is 2. The Morgan fingerprint density at radius 2 is 1.53 bits per heavy atom. The number of ether oxygens (including phenoxy) is 1. The summed E-state index contributed by atoms with van der Waals surface area (Å²) in [5.74, 6) is -1.21. The molecule has 0 bridgehead atoms. The maximum atomic E-state index is 12.9. The van der Waals surface area contributed by atoms with Crippen LogP contribution in [0, 0.1) is 0 Å². The van der Waals surface area contributed by atoms with Crippen LogP contribution in [0.5, 0.6) is 5.75 Å². The second kappa shape index (κ2) is 14.8. The molecule has 0 unspecified atom stereocenters. The van der Waals surface area contributed by atoms with Crippen LogP contribution >= 0.6 is 0 Å². The first-order chi connectivity index (χ1) is 15.9. The predicted molar refractivity (Wildman–Crippen MR) is 135 cm³/mol. The number of methoxy groups -OCH3 is 1. The average molecular weight is 561 g/mol. The third kappa shape index (κ3) is 8.21. The molecule has 0 saturated carbocycles. The van der Waals surface area contributed by atoms with Gasteiger partial charge < -0.3 is 9.84 Å².